The molecule has 1 aliphatic carbocycles. The zero-order valence-corrected chi connectivity index (χ0v) is 10.3. The predicted octanol–water partition coefficient (Wildman–Crippen LogP) is 0.550. The average Bonchev–Trinajstić information content (AvgIpc) is 2.68. The molecule has 5 nitrogen and oxygen atoms in total. The molecule has 2 rings (SSSR count). The number of H-pyrrole nitrogens is 1. The molecule has 1 aliphatic rings. The molecule has 16 heavy (non-hydrogen) atoms. The van der Waals surface area contributed by atoms with Crippen LogP contribution in [-0.2, 0) is 16.6 Å². The highest BCUT2D eigenvalue weighted by Gasteiger charge is 2.47. The van der Waals surface area contributed by atoms with E-state index in [4.69, 9.17) is 5.73 Å². The highest BCUT2D eigenvalue weighted by Crippen LogP contribution is 2.45. The van der Waals surface area contributed by atoms with Gasteiger partial charge in [0, 0.05) is 24.5 Å². The lowest BCUT2D eigenvalue weighted by Crippen LogP contribution is -2.28. The lowest BCUT2D eigenvalue weighted by atomic mass is 10.2. The van der Waals surface area contributed by atoms with Crippen LogP contribution in [0.2, 0.25) is 0 Å². The summed E-state index contributed by atoms with van der Waals surface area (Å²) in [6.45, 7) is 4.40. The Bertz CT molecular complexity index is 490. The number of hydrogen-bond donors (Lipinski definition) is 3. The maximum atomic E-state index is 11.9. The van der Waals surface area contributed by atoms with Crippen LogP contribution in [0.3, 0.4) is 0 Å². The first-order valence-corrected chi connectivity index (χ1v) is 6.73. The number of hydrogen-bond acceptors (Lipinski definition) is 3. The second-order valence-electron chi connectivity index (χ2n) is 4.93. The van der Waals surface area contributed by atoms with E-state index in [-0.39, 0.29) is 16.4 Å². The van der Waals surface area contributed by atoms with E-state index in [0.717, 1.165) is 12.1 Å². The van der Waals surface area contributed by atoms with Crippen LogP contribution in [0.4, 0.5) is 0 Å². The molecule has 0 aliphatic heterocycles. The van der Waals surface area contributed by atoms with Crippen LogP contribution in [0.25, 0.3) is 0 Å². The summed E-state index contributed by atoms with van der Waals surface area (Å²) in [6, 6.07) is 1.62. The maximum Gasteiger partial charge on any atom is 0.242 e. The number of nitrogens with one attached hydrogen (secondary N) is 2. The number of aromatic amines is 1. The standard InChI is InChI=1S/C10H17N3O2S/c1-10(2)4-9(10)13-16(14,15)8-3-7(5-11)12-6-8/h3,6,9,12-13H,4-5,11H2,1-2H3. The van der Waals surface area contributed by atoms with E-state index >= 15 is 0 Å². The zero-order chi connectivity index (χ0) is 12.0. The van der Waals surface area contributed by atoms with E-state index in [1.807, 2.05) is 13.8 Å². The topological polar surface area (TPSA) is 88.0 Å². The van der Waals surface area contributed by atoms with Crippen LogP contribution in [0.5, 0.6) is 0 Å². The van der Waals surface area contributed by atoms with Gasteiger partial charge in [0.05, 0.1) is 4.90 Å². The van der Waals surface area contributed by atoms with Gasteiger partial charge in [-0.3, -0.25) is 0 Å². The second-order valence-corrected chi connectivity index (χ2v) is 6.65. The molecule has 4 N–H and O–H groups in total. The molecule has 1 aromatic heterocycles. The van der Waals surface area contributed by atoms with Crippen molar-refractivity contribution >= 4 is 10.0 Å². The fourth-order valence-electron chi connectivity index (χ4n) is 1.62. The van der Waals surface area contributed by atoms with Gasteiger partial charge in [0.2, 0.25) is 10.0 Å². The smallest absolute Gasteiger partial charge is 0.242 e. The summed E-state index contributed by atoms with van der Waals surface area (Å²) in [6.07, 6.45) is 2.36. The van der Waals surface area contributed by atoms with Crippen molar-refractivity contribution < 1.29 is 8.42 Å². The summed E-state index contributed by atoms with van der Waals surface area (Å²) in [5, 5.41) is 0. The summed E-state index contributed by atoms with van der Waals surface area (Å²) in [7, 11) is -3.39. The van der Waals surface area contributed by atoms with Crippen LogP contribution in [0.15, 0.2) is 17.2 Å². The van der Waals surface area contributed by atoms with Gasteiger partial charge in [0.15, 0.2) is 0 Å². The molecule has 1 aromatic rings. The first-order chi connectivity index (χ1) is 7.35. The van der Waals surface area contributed by atoms with Crippen molar-refractivity contribution in [2.24, 2.45) is 11.1 Å². The normalized spacial score (nSPS) is 23.3. The van der Waals surface area contributed by atoms with Gasteiger partial charge in [-0.15, -0.1) is 0 Å². The zero-order valence-electron chi connectivity index (χ0n) is 9.45. The van der Waals surface area contributed by atoms with E-state index in [1.165, 1.54) is 6.20 Å². The summed E-state index contributed by atoms with van der Waals surface area (Å²) < 4.78 is 26.5. The van der Waals surface area contributed by atoms with Gasteiger partial charge in [-0.25, -0.2) is 13.1 Å². The van der Waals surface area contributed by atoms with Crippen molar-refractivity contribution in [2.45, 2.75) is 37.8 Å². The average molecular weight is 243 g/mol. The van der Waals surface area contributed by atoms with Gasteiger partial charge < -0.3 is 10.7 Å². The van der Waals surface area contributed by atoms with E-state index in [0.29, 0.717) is 6.54 Å². The van der Waals surface area contributed by atoms with Gasteiger partial charge in [-0.05, 0) is 17.9 Å². The lowest BCUT2D eigenvalue weighted by molar-refractivity contribution is 0.555. The molecular weight excluding hydrogens is 226 g/mol. The monoisotopic (exact) mass is 243 g/mol. The van der Waals surface area contributed by atoms with Crippen molar-refractivity contribution in [3.05, 3.63) is 18.0 Å². The Morgan fingerprint density at radius 1 is 1.62 bits per heavy atom. The molecule has 0 bridgehead atoms. The van der Waals surface area contributed by atoms with Gasteiger partial charge in [0.1, 0.15) is 0 Å². The molecule has 1 unspecified atom stereocenters. The van der Waals surface area contributed by atoms with Crippen molar-refractivity contribution in [3.63, 3.8) is 0 Å². The molecule has 0 radical (unpaired) electrons. The minimum atomic E-state index is -3.39. The Kier molecular flexibility index (Phi) is 2.60. The highest BCUT2D eigenvalue weighted by molar-refractivity contribution is 7.89. The third-order valence-electron chi connectivity index (χ3n) is 3.06. The minimum absolute atomic E-state index is 0.0497. The Morgan fingerprint density at radius 3 is 2.69 bits per heavy atom. The quantitative estimate of drug-likeness (QED) is 0.721. The predicted molar refractivity (Wildman–Crippen MR) is 61.2 cm³/mol. The van der Waals surface area contributed by atoms with E-state index in [1.54, 1.807) is 6.07 Å². The van der Waals surface area contributed by atoms with E-state index < -0.39 is 10.0 Å². The Labute approximate surface area is 95.5 Å². The largest absolute Gasteiger partial charge is 0.363 e. The molecule has 1 atom stereocenters. The molecule has 6 heteroatoms. The van der Waals surface area contributed by atoms with Crippen molar-refractivity contribution in [1.82, 2.24) is 9.71 Å². The molecular formula is C10H17N3O2S. The molecule has 1 heterocycles. The summed E-state index contributed by atoms with van der Waals surface area (Å²) in [5.74, 6) is 0. The third kappa shape index (κ3) is 2.14. The van der Waals surface area contributed by atoms with Crippen molar-refractivity contribution in [1.29, 1.82) is 0 Å². The van der Waals surface area contributed by atoms with Crippen LogP contribution in [0.1, 0.15) is 26.0 Å². The molecule has 0 aromatic carbocycles. The Hall–Kier alpha value is -0.850. The molecule has 1 saturated carbocycles. The highest BCUT2D eigenvalue weighted by atomic mass is 32.2. The van der Waals surface area contributed by atoms with E-state index in [2.05, 4.69) is 9.71 Å². The van der Waals surface area contributed by atoms with Crippen LogP contribution in [-0.4, -0.2) is 19.4 Å². The first kappa shape index (κ1) is 11.6. The molecule has 0 saturated heterocycles. The second kappa shape index (κ2) is 3.58. The number of aromatic nitrogens is 1. The van der Waals surface area contributed by atoms with E-state index in [9.17, 15) is 8.42 Å². The fraction of sp³-hybridized carbons (Fsp3) is 0.600. The first-order valence-electron chi connectivity index (χ1n) is 5.25. The van der Waals surface area contributed by atoms with Crippen LogP contribution in [0, 0.1) is 5.41 Å². The van der Waals surface area contributed by atoms with Crippen LogP contribution >= 0.6 is 0 Å². The SMILES string of the molecule is CC1(C)CC1NS(=O)(=O)c1c[nH]c(CN)c1. The van der Waals surface area contributed by atoms with Gasteiger partial charge in [-0.1, -0.05) is 13.8 Å². The summed E-state index contributed by atoms with van der Waals surface area (Å²) in [5.41, 5.74) is 6.22. The third-order valence-corrected chi connectivity index (χ3v) is 4.51. The number of nitrogens with two attached hydrogens (primary N) is 1. The summed E-state index contributed by atoms with van der Waals surface area (Å²) >= 11 is 0. The Morgan fingerprint density at radius 2 is 2.25 bits per heavy atom. The van der Waals surface area contributed by atoms with Gasteiger partial charge in [0.25, 0.3) is 0 Å². The lowest BCUT2D eigenvalue weighted by Gasteiger charge is -2.06. The number of sulfonamides is 1. The number of rotatable bonds is 4. The summed E-state index contributed by atoms with van der Waals surface area (Å²) in [4.78, 5) is 3.09. The van der Waals surface area contributed by atoms with Crippen molar-refractivity contribution in [2.75, 3.05) is 0 Å². The minimum Gasteiger partial charge on any atom is -0.363 e. The van der Waals surface area contributed by atoms with Gasteiger partial charge >= 0.3 is 0 Å². The Balaban J connectivity index is 2.13. The van der Waals surface area contributed by atoms with Gasteiger partial charge in [-0.2, -0.15) is 0 Å². The fourth-order valence-corrected chi connectivity index (χ4v) is 3.04. The van der Waals surface area contributed by atoms with Crippen molar-refractivity contribution in [3.8, 4) is 0 Å². The molecule has 90 valence electrons. The molecule has 0 amide bonds. The molecule has 1 fully saturated rings. The maximum absolute atomic E-state index is 11.9. The molecule has 0 spiro atoms. The van der Waals surface area contributed by atoms with Crippen LogP contribution < -0.4 is 10.5 Å².